The van der Waals surface area contributed by atoms with E-state index in [1.165, 1.54) is 22.1 Å². The Kier molecular flexibility index (Phi) is 4.95. The van der Waals surface area contributed by atoms with Crippen molar-refractivity contribution in [1.29, 1.82) is 0 Å². The number of thiophene rings is 1. The zero-order valence-electron chi connectivity index (χ0n) is 15.2. The van der Waals surface area contributed by atoms with Crippen LogP contribution in [0.5, 0.6) is 0 Å². The van der Waals surface area contributed by atoms with Gasteiger partial charge in [0.25, 0.3) is 11.5 Å². The third-order valence-electron chi connectivity index (χ3n) is 4.98. The predicted molar refractivity (Wildman–Crippen MR) is 109 cm³/mol. The van der Waals surface area contributed by atoms with E-state index in [0.717, 1.165) is 42.5 Å². The van der Waals surface area contributed by atoms with Gasteiger partial charge in [-0.25, -0.2) is 4.98 Å². The molecule has 0 saturated heterocycles. The van der Waals surface area contributed by atoms with Crippen LogP contribution in [-0.4, -0.2) is 21.4 Å². The van der Waals surface area contributed by atoms with Crippen LogP contribution in [0, 0.1) is 0 Å². The first-order chi connectivity index (χ1) is 13.5. The van der Waals surface area contributed by atoms with Crippen LogP contribution in [0.2, 0.25) is 0 Å². The number of primary amides is 1. The number of carbonyl (C=O) groups is 2. The van der Waals surface area contributed by atoms with E-state index in [2.05, 4.69) is 10.3 Å². The highest BCUT2D eigenvalue weighted by atomic mass is 32.1. The first-order valence-corrected chi connectivity index (χ1v) is 10.0. The van der Waals surface area contributed by atoms with Crippen LogP contribution in [0.25, 0.3) is 11.0 Å². The van der Waals surface area contributed by atoms with Crippen molar-refractivity contribution in [3.63, 3.8) is 0 Å². The molecule has 1 aliphatic carbocycles. The second-order valence-corrected chi connectivity index (χ2v) is 7.96. The van der Waals surface area contributed by atoms with Gasteiger partial charge in [0.05, 0.1) is 22.8 Å². The summed E-state index contributed by atoms with van der Waals surface area (Å²) >= 11 is 1.42. The lowest BCUT2D eigenvalue weighted by atomic mass is 10.1. The lowest BCUT2D eigenvalue weighted by Gasteiger charge is -2.10. The molecule has 0 unspecified atom stereocenters. The third-order valence-corrected chi connectivity index (χ3v) is 6.18. The number of fused-ring (bicyclic) bond motifs is 2. The van der Waals surface area contributed by atoms with E-state index in [0.29, 0.717) is 21.6 Å². The molecule has 3 N–H and O–H groups in total. The Labute approximate surface area is 165 Å². The number of nitrogens with two attached hydrogens (primary N) is 1. The normalized spacial score (nSPS) is 13.7. The van der Waals surface area contributed by atoms with Gasteiger partial charge in [0.2, 0.25) is 5.91 Å². The maximum atomic E-state index is 12.7. The van der Waals surface area contributed by atoms with Gasteiger partial charge in [-0.2, -0.15) is 0 Å². The molecule has 28 heavy (non-hydrogen) atoms. The second-order valence-electron chi connectivity index (χ2n) is 6.85. The molecule has 144 valence electrons. The number of anilines is 1. The van der Waals surface area contributed by atoms with Gasteiger partial charge in [-0.05, 0) is 43.4 Å². The molecule has 2 heterocycles. The molecule has 0 bridgehead atoms. The lowest BCUT2D eigenvalue weighted by Crippen LogP contribution is -2.28. The van der Waals surface area contributed by atoms with Crippen molar-refractivity contribution in [2.75, 3.05) is 5.32 Å². The summed E-state index contributed by atoms with van der Waals surface area (Å²) in [5, 5.41) is 3.29. The molecule has 0 atom stereocenters. The third kappa shape index (κ3) is 3.43. The second kappa shape index (κ2) is 7.55. The van der Waals surface area contributed by atoms with Crippen molar-refractivity contribution in [1.82, 2.24) is 9.55 Å². The molecule has 3 aromatic rings. The minimum absolute atomic E-state index is 0.164. The quantitative estimate of drug-likeness (QED) is 0.661. The molecule has 1 aromatic carbocycles. The molecule has 0 fully saturated rings. The molecule has 0 spiro atoms. The van der Waals surface area contributed by atoms with Crippen LogP contribution >= 0.6 is 11.3 Å². The van der Waals surface area contributed by atoms with Crippen molar-refractivity contribution in [2.24, 2.45) is 5.73 Å². The Morgan fingerprint density at radius 1 is 1.18 bits per heavy atom. The summed E-state index contributed by atoms with van der Waals surface area (Å²) in [6.45, 7) is -0.164. The molecule has 8 heteroatoms. The molecule has 7 nitrogen and oxygen atoms in total. The molecule has 2 aromatic heterocycles. The highest BCUT2D eigenvalue weighted by Gasteiger charge is 2.24. The Bertz CT molecular complexity index is 1130. The van der Waals surface area contributed by atoms with E-state index < -0.39 is 5.91 Å². The SMILES string of the molecule is NC(=O)c1c(NC(=O)Cn2c(=O)cnc3ccccc32)sc2c1CCCCC2. The fourth-order valence-electron chi connectivity index (χ4n) is 3.68. The summed E-state index contributed by atoms with van der Waals surface area (Å²) in [6.07, 6.45) is 6.10. The van der Waals surface area contributed by atoms with Crippen molar-refractivity contribution in [2.45, 2.75) is 38.6 Å². The van der Waals surface area contributed by atoms with Gasteiger partial charge >= 0.3 is 0 Å². The first kappa shape index (κ1) is 18.4. The van der Waals surface area contributed by atoms with Crippen LogP contribution < -0.4 is 16.6 Å². The molecule has 2 amide bonds. The number of aryl methyl sites for hydroxylation is 1. The number of carbonyl (C=O) groups excluding carboxylic acids is 2. The van der Waals surface area contributed by atoms with Crippen LogP contribution in [0.1, 0.15) is 40.1 Å². The van der Waals surface area contributed by atoms with E-state index in [9.17, 15) is 14.4 Å². The number of nitrogens with one attached hydrogen (secondary N) is 1. The number of hydrogen-bond donors (Lipinski definition) is 2. The molecular formula is C20H20N4O3S. The lowest BCUT2D eigenvalue weighted by molar-refractivity contribution is -0.116. The average molecular weight is 396 g/mol. The largest absolute Gasteiger partial charge is 0.365 e. The summed E-state index contributed by atoms with van der Waals surface area (Å²) in [6, 6.07) is 7.14. The molecule has 0 saturated carbocycles. The van der Waals surface area contributed by atoms with Crippen LogP contribution in [0.15, 0.2) is 35.3 Å². The number of amides is 2. The summed E-state index contributed by atoms with van der Waals surface area (Å²) in [7, 11) is 0. The number of nitrogens with zero attached hydrogens (tertiary/aromatic N) is 2. The molecular weight excluding hydrogens is 376 g/mol. The van der Waals surface area contributed by atoms with Crippen molar-refractivity contribution < 1.29 is 9.59 Å². The summed E-state index contributed by atoms with van der Waals surface area (Å²) in [5.74, 6) is -0.904. The molecule has 1 aliphatic rings. The summed E-state index contributed by atoms with van der Waals surface area (Å²) in [4.78, 5) is 42.2. The zero-order chi connectivity index (χ0) is 19.7. The van der Waals surface area contributed by atoms with Gasteiger partial charge in [-0.15, -0.1) is 11.3 Å². The minimum atomic E-state index is -0.527. The Balaban J connectivity index is 1.64. The van der Waals surface area contributed by atoms with Gasteiger partial charge < -0.3 is 11.1 Å². The molecule has 4 rings (SSSR count). The van der Waals surface area contributed by atoms with E-state index >= 15 is 0 Å². The minimum Gasteiger partial charge on any atom is -0.365 e. The highest BCUT2D eigenvalue weighted by Crippen LogP contribution is 2.37. The topological polar surface area (TPSA) is 107 Å². The average Bonchev–Trinajstić information content (AvgIpc) is 2.85. The van der Waals surface area contributed by atoms with Crippen LogP contribution in [0.3, 0.4) is 0 Å². The van der Waals surface area contributed by atoms with Crippen molar-refractivity contribution >= 4 is 39.2 Å². The number of benzene rings is 1. The van der Waals surface area contributed by atoms with Gasteiger partial charge in [-0.1, -0.05) is 18.6 Å². The standard InChI is InChI=1S/C20H20N4O3S/c21-19(27)18-12-6-2-1-3-9-15(12)28-20(18)23-16(25)11-24-14-8-5-4-7-13(14)22-10-17(24)26/h4-5,7-8,10H,1-3,6,9,11H2,(H2,21,27)(H,23,25). The Morgan fingerprint density at radius 2 is 1.96 bits per heavy atom. The van der Waals surface area contributed by atoms with E-state index in [4.69, 9.17) is 5.73 Å². The predicted octanol–water partition coefficient (Wildman–Crippen LogP) is 2.46. The van der Waals surface area contributed by atoms with Crippen molar-refractivity contribution in [3.8, 4) is 0 Å². The van der Waals surface area contributed by atoms with Gasteiger partial charge in [0.1, 0.15) is 11.5 Å². The van der Waals surface area contributed by atoms with Gasteiger partial charge in [0, 0.05) is 4.88 Å². The van der Waals surface area contributed by atoms with E-state index in [1.54, 1.807) is 18.2 Å². The monoisotopic (exact) mass is 396 g/mol. The fraction of sp³-hybridized carbons (Fsp3) is 0.300. The highest BCUT2D eigenvalue weighted by molar-refractivity contribution is 7.17. The van der Waals surface area contributed by atoms with E-state index in [1.807, 2.05) is 6.07 Å². The number of para-hydroxylation sites is 2. The van der Waals surface area contributed by atoms with Gasteiger partial charge in [0.15, 0.2) is 0 Å². The van der Waals surface area contributed by atoms with E-state index in [-0.39, 0.29) is 18.0 Å². The molecule has 0 aliphatic heterocycles. The van der Waals surface area contributed by atoms with Crippen molar-refractivity contribution in [3.05, 3.63) is 56.8 Å². The molecule has 0 radical (unpaired) electrons. The zero-order valence-corrected chi connectivity index (χ0v) is 16.1. The fourth-order valence-corrected chi connectivity index (χ4v) is 4.99. The number of hydrogen-bond acceptors (Lipinski definition) is 5. The Morgan fingerprint density at radius 3 is 2.79 bits per heavy atom. The summed E-state index contributed by atoms with van der Waals surface area (Å²) in [5.41, 5.74) is 7.87. The number of aromatic nitrogens is 2. The first-order valence-electron chi connectivity index (χ1n) is 9.23. The number of rotatable bonds is 4. The summed E-state index contributed by atoms with van der Waals surface area (Å²) < 4.78 is 1.38. The Hall–Kier alpha value is -3.00. The maximum absolute atomic E-state index is 12.7. The smallest absolute Gasteiger partial charge is 0.269 e. The van der Waals surface area contributed by atoms with Crippen LogP contribution in [-0.2, 0) is 24.2 Å². The maximum Gasteiger partial charge on any atom is 0.269 e. The van der Waals surface area contributed by atoms with Gasteiger partial charge in [-0.3, -0.25) is 19.0 Å². The van der Waals surface area contributed by atoms with Crippen LogP contribution in [0.4, 0.5) is 5.00 Å².